The molecule has 1 saturated heterocycles. The highest BCUT2D eigenvalue weighted by molar-refractivity contribution is 7.94. The van der Waals surface area contributed by atoms with Gasteiger partial charge in [-0.3, -0.25) is 4.79 Å². The van der Waals surface area contributed by atoms with Crippen molar-refractivity contribution in [1.29, 1.82) is 0 Å². The molecule has 2 aromatic rings. The molecule has 0 saturated carbocycles. The number of aliphatic imine (C=N–C) groups is 1. The first-order valence-corrected chi connectivity index (χ1v) is 12.6. The van der Waals surface area contributed by atoms with E-state index in [1.165, 1.54) is 32.1 Å². The van der Waals surface area contributed by atoms with E-state index in [9.17, 15) is 9.00 Å². The molecule has 0 bridgehead atoms. The Labute approximate surface area is 210 Å². The summed E-state index contributed by atoms with van der Waals surface area (Å²) in [5, 5.41) is 0. The second kappa shape index (κ2) is 13.5. The highest BCUT2D eigenvalue weighted by atomic mass is 32.2. The molecular formula is C22H29N5O6S2. The maximum absolute atomic E-state index is 12.4. The van der Waals surface area contributed by atoms with E-state index >= 15 is 0 Å². The summed E-state index contributed by atoms with van der Waals surface area (Å²) in [6.45, 7) is 1.74. The van der Waals surface area contributed by atoms with Gasteiger partial charge >= 0.3 is 0 Å². The third-order valence-electron chi connectivity index (χ3n) is 5.24. The van der Waals surface area contributed by atoms with E-state index in [-0.39, 0.29) is 11.5 Å². The fraction of sp³-hybridized carbons (Fsp3) is 0.364. The van der Waals surface area contributed by atoms with Crippen LogP contribution in [0.1, 0.15) is 29.6 Å². The van der Waals surface area contributed by atoms with E-state index < -0.39 is 17.0 Å². The molecule has 11 nitrogen and oxygen atoms in total. The molecule has 2 atom stereocenters. The molecule has 0 aromatic heterocycles. The van der Waals surface area contributed by atoms with Gasteiger partial charge in [0.15, 0.2) is 5.96 Å². The van der Waals surface area contributed by atoms with Crippen molar-refractivity contribution in [2.45, 2.75) is 35.1 Å². The number of likely N-dealkylation sites (tertiary alicyclic amines) is 1. The predicted molar refractivity (Wildman–Crippen MR) is 133 cm³/mol. The molecule has 3 rings (SSSR count). The van der Waals surface area contributed by atoms with Crippen molar-refractivity contribution in [2.24, 2.45) is 16.5 Å². The number of nitrogens with two attached hydrogens (primary N) is 2. The summed E-state index contributed by atoms with van der Waals surface area (Å²) in [5.74, 6) is -0.0650. The summed E-state index contributed by atoms with van der Waals surface area (Å²) < 4.78 is 28.5. The molecule has 35 heavy (non-hydrogen) atoms. The summed E-state index contributed by atoms with van der Waals surface area (Å²) >= 11 is -0.809. The lowest BCUT2D eigenvalue weighted by Gasteiger charge is -2.18. The maximum Gasteiger partial charge on any atom is 0.280 e. The van der Waals surface area contributed by atoms with Crippen molar-refractivity contribution in [3.05, 3.63) is 48.0 Å². The van der Waals surface area contributed by atoms with Crippen molar-refractivity contribution in [3.8, 4) is 11.5 Å². The van der Waals surface area contributed by atoms with Crippen LogP contribution in [0.5, 0.6) is 11.5 Å². The molecule has 1 aliphatic heterocycles. The molecule has 13 heteroatoms. The summed E-state index contributed by atoms with van der Waals surface area (Å²) in [5.41, 5.74) is 13.6. The first-order chi connectivity index (χ1) is 16.9. The van der Waals surface area contributed by atoms with Crippen LogP contribution in [-0.2, 0) is 24.6 Å². The topological polar surface area (TPSA) is 151 Å². The lowest BCUT2D eigenvalue weighted by atomic mass is 10.1. The Morgan fingerprint density at radius 2 is 2.03 bits per heavy atom. The van der Waals surface area contributed by atoms with Crippen molar-refractivity contribution in [2.75, 3.05) is 27.2 Å². The van der Waals surface area contributed by atoms with E-state index in [2.05, 4.69) is 27.3 Å². The molecule has 1 heterocycles. The van der Waals surface area contributed by atoms with Gasteiger partial charge < -0.3 is 21.1 Å². The zero-order valence-corrected chi connectivity index (χ0v) is 21.1. The molecule has 190 valence electrons. The van der Waals surface area contributed by atoms with Gasteiger partial charge in [0.1, 0.15) is 11.5 Å². The minimum Gasteiger partial charge on any atom is -0.456 e. The molecule has 1 fully saturated rings. The van der Waals surface area contributed by atoms with Gasteiger partial charge in [0.2, 0.25) is 11.1 Å². The quantitative estimate of drug-likeness (QED) is 0.0940. The average molecular weight is 524 g/mol. The highest BCUT2D eigenvalue weighted by Gasteiger charge is 2.20. The second-order valence-electron chi connectivity index (χ2n) is 7.67. The zero-order valence-electron chi connectivity index (χ0n) is 19.5. The molecular weight excluding hydrogens is 494 g/mol. The molecule has 0 spiro atoms. The summed E-state index contributed by atoms with van der Waals surface area (Å²) in [6.07, 6.45) is 3.32. The van der Waals surface area contributed by atoms with Crippen molar-refractivity contribution < 1.29 is 27.2 Å². The number of carbonyl (C=O) groups excluding carboxylic acids is 1. The fourth-order valence-corrected chi connectivity index (χ4v) is 4.65. The number of ether oxygens (including phenoxy) is 1. The van der Waals surface area contributed by atoms with Gasteiger partial charge in [0.05, 0.1) is 28.9 Å². The number of amides is 1. The van der Waals surface area contributed by atoms with E-state index in [0.29, 0.717) is 33.9 Å². The highest BCUT2D eigenvalue weighted by Crippen LogP contribution is 2.34. The SMILES string of the molecule is COOSc1cc(C(=O)N=C(N)N)ccc1Oc1ccc(S(=O)ONCCC2CCCN2C)cc1. The number of nitrogens with one attached hydrogen (secondary N) is 1. The minimum absolute atomic E-state index is 0.239. The molecule has 1 amide bonds. The molecule has 0 aliphatic carbocycles. The average Bonchev–Trinajstić information content (AvgIpc) is 3.25. The Bertz CT molecular complexity index is 1050. The van der Waals surface area contributed by atoms with Gasteiger partial charge in [-0.15, -0.1) is 0 Å². The van der Waals surface area contributed by atoms with Gasteiger partial charge in [0, 0.05) is 18.2 Å². The van der Waals surface area contributed by atoms with Crippen molar-refractivity contribution in [3.63, 3.8) is 0 Å². The van der Waals surface area contributed by atoms with Crippen LogP contribution in [0.3, 0.4) is 0 Å². The summed E-state index contributed by atoms with van der Waals surface area (Å²) in [6, 6.07) is 11.8. The lowest BCUT2D eigenvalue weighted by Crippen LogP contribution is -2.29. The van der Waals surface area contributed by atoms with Crippen LogP contribution < -0.4 is 21.7 Å². The minimum atomic E-state index is -1.66. The number of hydroxylamine groups is 1. The lowest BCUT2D eigenvalue weighted by molar-refractivity contribution is -0.160. The van der Waals surface area contributed by atoms with Crippen LogP contribution in [0.2, 0.25) is 0 Å². The van der Waals surface area contributed by atoms with Crippen LogP contribution in [0.15, 0.2) is 57.2 Å². The Balaban J connectivity index is 1.59. The van der Waals surface area contributed by atoms with Gasteiger partial charge in [-0.1, -0.05) is 0 Å². The Morgan fingerprint density at radius 1 is 1.26 bits per heavy atom. The summed E-state index contributed by atoms with van der Waals surface area (Å²) in [7, 11) is 3.47. The Kier molecular flexibility index (Phi) is 10.5. The number of benzene rings is 2. The van der Waals surface area contributed by atoms with Crippen molar-refractivity contribution in [1.82, 2.24) is 10.4 Å². The Hall–Kier alpha value is -2.52. The number of guanidine groups is 1. The molecule has 0 radical (unpaired) electrons. The van der Waals surface area contributed by atoms with Gasteiger partial charge in [-0.05, 0) is 75.3 Å². The maximum atomic E-state index is 12.4. The molecule has 5 N–H and O–H groups in total. The van der Waals surface area contributed by atoms with Gasteiger partial charge in [-0.2, -0.15) is 19.1 Å². The fourth-order valence-electron chi connectivity index (χ4n) is 3.50. The zero-order chi connectivity index (χ0) is 25.2. The van der Waals surface area contributed by atoms with E-state index in [4.69, 9.17) is 24.8 Å². The number of hydrogen-bond donors (Lipinski definition) is 3. The molecule has 1 aliphatic rings. The van der Waals surface area contributed by atoms with Crippen LogP contribution in [-0.4, -0.2) is 54.3 Å². The van der Waals surface area contributed by atoms with E-state index in [1.54, 1.807) is 30.3 Å². The summed E-state index contributed by atoms with van der Waals surface area (Å²) in [4.78, 5) is 23.5. The normalized spacial score (nSPS) is 16.7. The van der Waals surface area contributed by atoms with Gasteiger partial charge in [-0.25, -0.2) is 9.10 Å². The van der Waals surface area contributed by atoms with Crippen LogP contribution in [0.25, 0.3) is 0 Å². The smallest absolute Gasteiger partial charge is 0.280 e. The first-order valence-electron chi connectivity index (χ1n) is 10.8. The number of rotatable bonds is 12. The third-order valence-corrected chi connectivity index (χ3v) is 6.87. The van der Waals surface area contributed by atoms with E-state index in [0.717, 1.165) is 25.0 Å². The first kappa shape index (κ1) is 27.1. The number of hydrogen-bond acceptors (Lipinski definition) is 9. The number of carbonyl (C=O) groups is 1. The predicted octanol–water partition coefficient (Wildman–Crippen LogP) is 2.51. The van der Waals surface area contributed by atoms with Crippen molar-refractivity contribution >= 4 is 35.0 Å². The largest absolute Gasteiger partial charge is 0.456 e. The van der Waals surface area contributed by atoms with E-state index in [1.807, 2.05) is 0 Å². The molecule has 2 aromatic carbocycles. The molecule has 2 unspecified atom stereocenters. The van der Waals surface area contributed by atoms with Crippen LogP contribution in [0.4, 0.5) is 0 Å². The monoisotopic (exact) mass is 523 g/mol. The van der Waals surface area contributed by atoms with Crippen LogP contribution in [0, 0.1) is 0 Å². The Morgan fingerprint density at radius 3 is 2.69 bits per heavy atom. The second-order valence-corrected chi connectivity index (χ2v) is 9.52. The van der Waals surface area contributed by atoms with Crippen LogP contribution >= 0.6 is 12.0 Å². The van der Waals surface area contributed by atoms with Gasteiger partial charge in [0.25, 0.3) is 5.91 Å². The number of nitrogens with zero attached hydrogens (tertiary/aromatic N) is 2. The standard InChI is InChI=1S/C22H29N5O6S2/c1-27-13-3-4-16(27)11-12-25-32-35(29)18-8-6-17(7-9-18)31-19-10-5-15(21(28)26-22(23)24)14-20(19)34-33-30-2/h5-10,14,16,25H,3-4,11-13H2,1-2H3,(H4,23,24,26,28). The third kappa shape index (κ3) is 8.28.